The molecule has 0 N–H and O–H groups in total. The van der Waals surface area contributed by atoms with Gasteiger partial charge in [0.05, 0.1) is 0 Å². The first kappa shape index (κ1) is 24.1. The zero-order chi connectivity index (χ0) is 23.4. The maximum Gasteiger partial charge on any atom is 0.331 e. The summed E-state index contributed by atoms with van der Waals surface area (Å²) in [6, 6.07) is 18.7. The third kappa shape index (κ3) is 5.81. The Labute approximate surface area is 194 Å². The van der Waals surface area contributed by atoms with Crippen molar-refractivity contribution >= 4 is 33.8 Å². The Bertz CT molecular complexity index is 1020. The topological polar surface area (TPSA) is 74.8 Å². The van der Waals surface area contributed by atoms with Crippen molar-refractivity contribution in [3.05, 3.63) is 82.8 Å². The molecule has 0 saturated carbocycles. The molecule has 0 atom stereocenters. The summed E-state index contributed by atoms with van der Waals surface area (Å²) in [5.74, 6) is -1.53. The highest BCUT2D eigenvalue weighted by atomic mass is 32.2. The Kier molecular flexibility index (Phi) is 7.46. The van der Waals surface area contributed by atoms with E-state index in [-0.39, 0.29) is 23.4 Å². The maximum absolute atomic E-state index is 13.3. The van der Waals surface area contributed by atoms with E-state index in [1.807, 2.05) is 81.4 Å². The van der Waals surface area contributed by atoms with Gasteiger partial charge in [-0.2, -0.15) is 8.42 Å². The van der Waals surface area contributed by atoms with Gasteiger partial charge in [-0.05, 0) is 29.4 Å². The lowest BCUT2D eigenvalue weighted by Crippen LogP contribution is -2.57. The number of carbonyl (C=O) groups is 2. The molecule has 6 nitrogen and oxygen atoms in total. The molecule has 0 radical (unpaired) electrons. The van der Waals surface area contributed by atoms with Crippen molar-refractivity contribution in [2.75, 3.05) is 13.1 Å². The minimum atomic E-state index is -4.27. The van der Waals surface area contributed by atoms with Crippen LogP contribution in [0.3, 0.4) is 0 Å². The van der Waals surface area contributed by atoms with Gasteiger partial charge in [-0.3, -0.25) is 9.59 Å². The number of hydrogen-bond acceptors (Lipinski definition) is 5. The van der Waals surface area contributed by atoms with Crippen molar-refractivity contribution in [3.63, 3.8) is 0 Å². The van der Waals surface area contributed by atoms with Crippen LogP contribution in [0, 0.1) is 0 Å². The van der Waals surface area contributed by atoms with Crippen LogP contribution in [0.15, 0.2) is 71.6 Å². The van der Waals surface area contributed by atoms with Gasteiger partial charge in [0.15, 0.2) is 0 Å². The molecular weight excluding hydrogens is 444 g/mol. The number of nitrogens with zero attached hydrogens (tertiary/aromatic N) is 2. The number of carbonyl (C=O) groups excluding carboxylic acids is 2. The van der Waals surface area contributed by atoms with Gasteiger partial charge in [0.2, 0.25) is 0 Å². The number of hydrogen-bond donors (Lipinski definition) is 0. The fourth-order valence-corrected chi connectivity index (χ4v) is 5.38. The predicted octanol–water partition coefficient (Wildman–Crippen LogP) is 3.80. The van der Waals surface area contributed by atoms with E-state index in [9.17, 15) is 18.0 Å². The van der Waals surface area contributed by atoms with Crippen LogP contribution in [0.4, 0.5) is 0 Å². The molecule has 0 spiro atoms. The summed E-state index contributed by atoms with van der Waals surface area (Å²) in [4.78, 5) is 26.3. The van der Waals surface area contributed by atoms with Gasteiger partial charge in [-0.25, -0.2) is 8.61 Å². The number of benzene rings is 2. The highest BCUT2D eigenvalue weighted by Crippen LogP contribution is 2.30. The first-order chi connectivity index (χ1) is 15.1. The monoisotopic (exact) mass is 472 g/mol. The van der Waals surface area contributed by atoms with Crippen molar-refractivity contribution in [1.29, 1.82) is 0 Å². The second-order valence-electron chi connectivity index (χ2n) is 8.50. The van der Waals surface area contributed by atoms with Gasteiger partial charge in [0.25, 0.3) is 11.8 Å². The van der Waals surface area contributed by atoms with Gasteiger partial charge in [0.1, 0.15) is 5.57 Å². The van der Waals surface area contributed by atoms with Gasteiger partial charge in [-0.1, -0.05) is 81.4 Å². The molecule has 3 rings (SSSR count). The average Bonchev–Trinajstić information content (AvgIpc) is 2.74. The fourth-order valence-electron chi connectivity index (χ4n) is 3.21. The van der Waals surface area contributed by atoms with Crippen molar-refractivity contribution in [2.24, 2.45) is 0 Å². The number of amides is 2. The van der Waals surface area contributed by atoms with Crippen molar-refractivity contribution in [2.45, 2.75) is 38.4 Å². The second-order valence-corrected chi connectivity index (χ2v) is 12.0. The molecule has 32 heavy (non-hydrogen) atoms. The third-order valence-corrected chi connectivity index (χ3v) is 7.77. The van der Waals surface area contributed by atoms with Crippen molar-refractivity contribution < 1.29 is 18.0 Å². The molecule has 2 aromatic rings. The molecular formula is C24H28N2O4S2. The van der Waals surface area contributed by atoms with Crippen molar-refractivity contribution in [1.82, 2.24) is 8.61 Å². The van der Waals surface area contributed by atoms with Crippen LogP contribution in [0.1, 0.15) is 31.9 Å². The van der Waals surface area contributed by atoms with E-state index >= 15 is 0 Å². The van der Waals surface area contributed by atoms with Crippen LogP contribution < -0.4 is 0 Å². The molecule has 0 bridgehead atoms. The first-order valence-corrected chi connectivity index (χ1v) is 12.7. The molecule has 0 aromatic heterocycles. The van der Waals surface area contributed by atoms with Crippen LogP contribution in [0.5, 0.6) is 0 Å². The molecule has 1 fully saturated rings. The molecule has 1 saturated heterocycles. The quantitative estimate of drug-likeness (QED) is 0.453. The Balaban J connectivity index is 1.91. The summed E-state index contributed by atoms with van der Waals surface area (Å²) in [6.07, 6.45) is 0.735. The Hall–Kier alpha value is -2.58. The lowest BCUT2D eigenvalue weighted by atomic mass is 10.1. The Morgan fingerprint density at radius 3 is 1.56 bits per heavy atom. The molecule has 1 aliphatic heterocycles. The van der Waals surface area contributed by atoms with Crippen molar-refractivity contribution in [3.8, 4) is 0 Å². The zero-order valence-corrected chi connectivity index (χ0v) is 20.2. The number of thioether (sulfide) groups is 1. The zero-order valence-electron chi connectivity index (χ0n) is 18.5. The van der Waals surface area contributed by atoms with Gasteiger partial charge in [0, 0.05) is 17.8 Å². The Morgan fingerprint density at radius 2 is 1.19 bits per heavy atom. The van der Waals surface area contributed by atoms with E-state index < -0.39 is 22.0 Å². The molecule has 170 valence electrons. The van der Waals surface area contributed by atoms with Gasteiger partial charge < -0.3 is 0 Å². The molecule has 0 unspecified atom stereocenters. The highest BCUT2D eigenvalue weighted by molar-refractivity contribution is 8.03. The average molecular weight is 473 g/mol. The van der Waals surface area contributed by atoms with Gasteiger partial charge in [-0.15, -0.1) is 11.8 Å². The second kappa shape index (κ2) is 9.92. The standard InChI is InChI=1S/C24H28N2O4S2/c1-24(2,3)31-18-21-22(27)25(16-14-19-10-6-4-7-11-19)32(29,30)26(23(21)28)17-15-20-12-8-5-9-13-20/h4-13,18H,14-17H2,1-3H3. The first-order valence-electron chi connectivity index (χ1n) is 10.4. The van der Waals surface area contributed by atoms with E-state index in [4.69, 9.17) is 0 Å². The van der Waals surface area contributed by atoms with Crippen LogP contribution in [0.2, 0.25) is 0 Å². The summed E-state index contributed by atoms with van der Waals surface area (Å²) < 4.78 is 28.0. The van der Waals surface area contributed by atoms with E-state index in [1.165, 1.54) is 17.2 Å². The fraction of sp³-hybridized carbons (Fsp3) is 0.333. The summed E-state index contributed by atoms with van der Waals surface area (Å²) in [5, 5.41) is 1.50. The molecule has 8 heteroatoms. The normalized spacial score (nSPS) is 16.4. The van der Waals surface area contributed by atoms with E-state index in [0.717, 1.165) is 19.7 Å². The third-order valence-electron chi connectivity index (χ3n) is 4.89. The Morgan fingerprint density at radius 1 is 0.781 bits per heavy atom. The minimum absolute atomic E-state index is 0.0299. The van der Waals surface area contributed by atoms with Crippen LogP contribution in [0.25, 0.3) is 0 Å². The van der Waals surface area contributed by atoms with Crippen LogP contribution in [-0.2, 0) is 32.6 Å². The van der Waals surface area contributed by atoms with E-state index in [0.29, 0.717) is 12.8 Å². The minimum Gasteiger partial charge on any atom is -0.268 e. The van der Waals surface area contributed by atoms with Crippen LogP contribution in [-0.4, -0.2) is 46.7 Å². The molecule has 1 aliphatic rings. The molecule has 0 aliphatic carbocycles. The smallest absolute Gasteiger partial charge is 0.268 e. The van der Waals surface area contributed by atoms with Crippen LogP contribution >= 0.6 is 11.8 Å². The lowest BCUT2D eigenvalue weighted by molar-refractivity contribution is -0.131. The number of rotatable bonds is 7. The molecule has 1 heterocycles. The lowest BCUT2D eigenvalue weighted by Gasteiger charge is -2.35. The largest absolute Gasteiger partial charge is 0.331 e. The SMILES string of the molecule is CC(C)(C)SC=C1C(=O)N(CCc2ccccc2)S(=O)(=O)N(CCc2ccccc2)C1=O. The predicted molar refractivity (Wildman–Crippen MR) is 128 cm³/mol. The van der Waals surface area contributed by atoms with E-state index in [2.05, 4.69) is 0 Å². The van der Waals surface area contributed by atoms with Gasteiger partial charge >= 0.3 is 10.2 Å². The summed E-state index contributed by atoms with van der Waals surface area (Å²) in [6.45, 7) is 5.83. The molecule has 2 aromatic carbocycles. The maximum atomic E-state index is 13.3. The van der Waals surface area contributed by atoms with E-state index in [1.54, 1.807) is 0 Å². The summed E-state index contributed by atoms with van der Waals surface area (Å²) in [7, 11) is -4.27. The summed E-state index contributed by atoms with van der Waals surface area (Å²) >= 11 is 1.33. The molecule has 2 amide bonds. The highest BCUT2D eigenvalue weighted by Gasteiger charge is 2.46. The summed E-state index contributed by atoms with van der Waals surface area (Å²) in [5.41, 5.74) is 1.72.